The van der Waals surface area contributed by atoms with Gasteiger partial charge in [0, 0.05) is 5.92 Å². The van der Waals surface area contributed by atoms with Crippen molar-refractivity contribution >= 4 is 11.0 Å². The molecule has 1 N–H and O–H groups in total. The second-order valence-electron chi connectivity index (χ2n) is 7.05. The summed E-state index contributed by atoms with van der Waals surface area (Å²) in [6.07, 6.45) is 1.81. The standard InChI is InChI=1S/C21H24N2O2/c1-14-7-10-18(11-15(14)2)25-13-17(24)12-23-20-6-4-3-5-19(20)22-21(23)16-8-9-16/h3-7,10-11,16-17,24H,8-9,12-13H2,1-2H3. The number of aromatic nitrogens is 2. The largest absolute Gasteiger partial charge is 0.491 e. The Balaban J connectivity index is 1.48. The van der Waals surface area contributed by atoms with Crippen molar-refractivity contribution in [2.75, 3.05) is 6.61 Å². The molecule has 0 saturated heterocycles. The van der Waals surface area contributed by atoms with Crippen molar-refractivity contribution in [2.45, 2.75) is 45.3 Å². The highest BCUT2D eigenvalue weighted by molar-refractivity contribution is 5.76. The number of ether oxygens (including phenoxy) is 1. The molecule has 1 heterocycles. The van der Waals surface area contributed by atoms with Crippen molar-refractivity contribution in [1.82, 2.24) is 9.55 Å². The molecule has 4 rings (SSSR count). The molecule has 0 radical (unpaired) electrons. The number of hydrogen-bond acceptors (Lipinski definition) is 3. The van der Waals surface area contributed by atoms with Crippen LogP contribution in [0.15, 0.2) is 42.5 Å². The lowest BCUT2D eigenvalue weighted by molar-refractivity contribution is 0.0927. The first-order valence-electron chi connectivity index (χ1n) is 8.95. The smallest absolute Gasteiger partial charge is 0.119 e. The molecule has 0 aliphatic heterocycles. The third kappa shape index (κ3) is 3.40. The molecule has 4 heteroatoms. The first-order valence-corrected chi connectivity index (χ1v) is 8.95. The summed E-state index contributed by atoms with van der Waals surface area (Å²) in [5.74, 6) is 2.45. The molecule has 0 spiro atoms. The van der Waals surface area contributed by atoms with Crippen LogP contribution in [0.5, 0.6) is 5.75 Å². The highest BCUT2D eigenvalue weighted by Gasteiger charge is 2.30. The lowest BCUT2D eigenvalue weighted by Crippen LogP contribution is -2.24. The minimum atomic E-state index is -0.572. The van der Waals surface area contributed by atoms with E-state index in [2.05, 4.69) is 24.5 Å². The van der Waals surface area contributed by atoms with E-state index in [1.807, 2.05) is 36.4 Å². The van der Waals surface area contributed by atoms with Crippen LogP contribution >= 0.6 is 0 Å². The molecular weight excluding hydrogens is 312 g/mol. The zero-order chi connectivity index (χ0) is 17.4. The Bertz CT molecular complexity index is 896. The third-order valence-electron chi connectivity index (χ3n) is 4.94. The van der Waals surface area contributed by atoms with Crippen LogP contribution in [0.3, 0.4) is 0 Å². The number of imidazole rings is 1. The molecule has 1 unspecified atom stereocenters. The van der Waals surface area contributed by atoms with Gasteiger partial charge >= 0.3 is 0 Å². The van der Waals surface area contributed by atoms with Crippen LogP contribution in [0.1, 0.15) is 35.7 Å². The Morgan fingerprint density at radius 2 is 1.96 bits per heavy atom. The minimum Gasteiger partial charge on any atom is -0.491 e. The molecule has 0 amide bonds. The van der Waals surface area contributed by atoms with E-state index >= 15 is 0 Å². The monoisotopic (exact) mass is 336 g/mol. The van der Waals surface area contributed by atoms with E-state index < -0.39 is 6.10 Å². The van der Waals surface area contributed by atoms with Crippen molar-refractivity contribution < 1.29 is 9.84 Å². The van der Waals surface area contributed by atoms with Gasteiger partial charge in [-0.2, -0.15) is 0 Å². The lowest BCUT2D eigenvalue weighted by atomic mass is 10.1. The molecule has 25 heavy (non-hydrogen) atoms. The van der Waals surface area contributed by atoms with Crippen LogP contribution in [-0.4, -0.2) is 27.4 Å². The van der Waals surface area contributed by atoms with E-state index in [1.54, 1.807) is 0 Å². The molecule has 0 bridgehead atoms. The maximum atomic E-state index is 10.5. The number of aryl methyl sites for hydroxylation is 2. The van der Waals surface area contributed by atoms with Crippen LogP contribution in [0.25, 0.3) is 11.0 Å². The molecule has 1 atom stereocenters. The predicted octanol–water partition coefficient (Wildman–Crippen LogP) is 3.97. The van der Waals surface area contributed by atoms with E-state index in [0.29, 0.717) is 12.5 Å². The van der Waals surface area contributed by atoms with Gasteiger partial charge < -0.3 is 14.4 Å². The number of fused-ring (bicyclic) bond motifs is 1. The molecule has 130 valence electrons. The fourth-order valence-corrected chi connectivity index (χ4v) is 3.20. The Hall–Kier alpha value is -2.33. The lowest BCUT2D eigenvalue weighted by Gasteiger charge is -2.16. The van der Waals surface area contributed by atoms with E-state index in [9.17, 15) is 5.11 Å². The molecular formula is C21H24N2O2. The minimum absolute atomic E-state index is 0.277. The van der Waals surface area contributed by atoms with E-state index in [-0.39, 0.29) is 6.61 Å². The fraction of sp³-hybridized carbons (Fsp3) is 0.381. The highest BCUT2D eigenvalue weighted by atomic mass is 16.5. The maximum absolute atomic E-state index is 10.5. The molecule has 1 saturated carbocycles. The summed E-state index contributed by atoms with van der Waals surface area (Å²) in [5, 5.41) is 10.5. The Morgan fingerprint density at radius 3 is 2.72 bits per heavy atom. The number of rotatable bonds is 6. The molecule has 2 aromatic carbocycles. The maximum Gasteiger partial charge on any atom is 0.119 e. The van der Waals surface area contributed by atoms with Crippen LogP contribution < -0.4 is 4.74 Å². The zero-order valence-electron chi connectivity index (χ0n) is 14.8. The Labute approximate surface area is 148 Å². The number of aliphatic hydroxyl groups is 1. The van der Waals surface area contributed by atoms with E-state index in [4.69, 9.17) is 9.72 Å². The van der Waals surface area contributed by atoms with Crippen LogP contribution in [-0.2, 0) is 6.54 Å². The molecule has 1 fully saturated rings. The second-order valence-corrected chi connectivity index (χ2v) is 7.05. The molecule has 1 aromatic heterocycles. The highest BCUT2D eigenvalue weighted by Crippen LogP contribution is 2.40. The molecule has 1 aliphatic carbocycles. The average molecular weight is 336 g/mol. The molecule has 3 aromatic rings. The fourth-order valence-electron chi connectivity index (χ4n) is 3.20. The van der Waals surface area contributed by atoms with Gasteiger partial charge in [-0.25, -0.2) is 4.98 Å². The summed E-state index contributed by atoms with van der Waals surface area (Å²) < 4.78 is 7.96. The number of aliphatic hydroxyl groups excluding tert-OH is 1. The van der Waals surface area contributed by atoms with Crippen LogP contribution in [0.2, 0.25) is 0 Å². The summed E-state index contributed by atoms with van der Waals surface area (Å²) in [4.78, 5) is 4.78. The van der Waals surface area contributed by atoms with Crippen molar-refractivity contribution in [3.63, 3.8) is 0 Å². The van der Waals surface area contributed by atoms with Crippen molar-refractivity contribution in [3.8, 4) is 5.75 Å². The van der Waals surface area contributed by atoms with Gasteiger partial charge in [0.25, 0.3) is 0 Å². The third-order valence-corrected chi connectivity index (χ3v) is 4.94. The van der Waals surface area contributed by atoms with Crippen molar-refractivity contribution in [1.29, 1.82) is 0 Å². The van der Waals surface area contributed by atoms with Gasteiger partial charge in [-0.15, -0.1) is 0 Å². The van der Waals surface area contributed by atoms with Crippen molar-refractivity contribution in [2.24, 2.45) is 0 Å². The van der Waals surface area contributed by atoms with Gasteiger partial charge in [-0.3, -0.25) is 0 Å². The van der Waals surface area contributed by atoms with Crippen LogP contribution in [0, 0.1) is 13.8 Å². The van der Waals surface area contributed by atoms with Gasteiger partial charge in [0.2, 0.25) is 0 Å². The first kappa shape index (κ1) is 16.2. The summed E-state index contributed by atoms with van der Waals surface area (Å²) in [6, 6.07) is 14.2. The quantitative estimate of drug-likeness (QED) is 0.741. The summed E-state index contributed by atoms with van der Waals surface area (Å²) in [5.41, 5.74) is 4.54. The number of para-hydroxylation sites is 2. The van der Waals surface area contributed by atoms with Gasteiger partial charge in [0.1, 0.15) is 24.3 Å². The Kier molecular flexibility index (Phi) is 4.22. The predicted molar refractivity (Wildman–Crippen MR) is 99.1 cm³/mol. The molecule has 1 aliphatic rings. The number of nitrogens with zero attached hydrogens (tertiary/aromatic N) is 2. The van der Waals surface area contributed by atoms with Gasteiger partial charge in [0.05, 0.1) is 17.6 Å². The number of hydrogen-bond donors (Lipinski definition) is 1. The second kappa shape index (κ2) is 6.52. The molecule has 4 nitrogen and oxygen atoms in total. The average Bonchev–Trinajstić information content (AvgIpc) is 3.39. The SMILES string of the molecule is Cc1ccc(OCC(O)Cn2c(C3CC3)nc3ccccc32)cc1C. The van der Waals surface area contributed by atoms with Gasteiger partial charge in [-0.05, 0) is 62.1 Å². The summed E-state index contributed by atoms with van der Waals surface area (Å²) in [6.45, 7) is 4.94. The van der Waals surface area contributed by atoms with E-state index in [1.165, 1.54) is 24.0 Å². The normalized spacial score (nSPS) is 15.5. The number of benzene rings is 2. The van der Waals surface area contributed by atoms with Gasteiger partial charge in [0.15, 0.2) is 0 Å². The topological polar surface area (TPSA) is 47.3 Å². The van der Waals surface area contributed by atoms with Crippen LogP contribution in [0.4, 0.5) is 0 Å². The van der Waals surface area contributed by atoms with Crippen molar-refractivity contribution in [3.05, 3.63) is 59.4 Å². The summed E-state index contributed by atoms with van der Waals surface area (Å²) >= 11 is 0. The van der Waals surface area contributed by atoms with E-state index in [0.717, 1.165) is 22.6 Å². The zero-order valence-corrected chi connectivity index (χ0v) is 14.8. The summed E-state index contributed by atoms with van der Waals surface area (Å²) in [7, 11) is 0. The van der Waals surface area contributed by atoms with Gasteiger partial charge in [-0.1, -0.05) is 18.2 Å². The first-order chi connectivity index (χ1) is 12.1. The Morgan fingerprint density at radius 1 is 1.16 bits per heavy atom.